The highest BCUT2D eigenvalue weighted by molar-refractivity contribution is 9.10. The van der Waals surface area contributed by atoms with E-state index in [9.17, 15) is 9.59 Å². The minimum Gasteiger partial charge on any atom is -0.332 e. The lowest BCUT2D eigenvalue weighted by molar-refractivity contribution is -0.116. The fourth-order valence-electron chi connectivity index (χ4n) is 2.51. The summed E-state index contributed by atoms with van der Waals surface area (Å²) >= 11 is 8.65. The van der Waals surface area contributed by atoms with E-state index in [1.165, 1.54) is 0 Å². The third-order valence-electron chi connectivity index (χ3n) is 4.07. The molecule has 2 aromatic rings. The monoisotopic (exact) mass is 461 g/mol. The van der Waals surface area contributed by atoms with Crippen LogP contribution < -0.4 is 16.0 Å². The number of benzene rings is 2. The smallest absolute Gasteiger partial charge is 0.257 e. The molecule has 0 fully saturated rings. The second-order valence-corrected chi connectivity index (χ2v) is 7.72. The van der Waals surface area contributed by atoms with Crippen LogP contribution in [0.3, 0.4) is 0 Å². The van der Waals surface area contributed by atoms with Gasteiger partial charge < -0.3 is 10.6 Å². The Morgan fingerprint density at radius 1 is 1.04 bits per heavy atom. The van der Waals surface area contributed by atoms with E-state index in [2.05, 4.69) is 38.8 Å². The van der Waals surface area contributed by atoms with Crippen LogP contribution in [0, 0.1) is 6.92 Å². The lowest BCUT2D eigenvalue weighted by atomic mass is 10.1. The summed E-state index contributed by atoms with van der Waals surface area (Å²) in [5.41, 5.74) is 2.92. The van der Waals surface area contributed by atoms with Crippen LogP contribution in [0.15, 0.2) is 46.9 Å². The van der Waals surface area contributed by atoms with Gasteiger partial charge in [0.1, 0.15) is 0 Å². The molecule has 0 aromatic heterocycles. The van der Waals surface area contributed by atoms with Crippen LogP contribution in [-0.2, 0) is 4.79 Å². The third kappa shape index (κ3) is 7.05. The molecule has 0 radical (unpaired) electrons. The molecule has 0 saturated carbocycles. The number of amides is 2. The molecule has 0 aliphatic rings. The first kappa shape index (κ1) is 22.0. The van der Waals surface area contributed by atoms with Gasteiger partial charge in [0.2, 0.25) is 5.91 Å². The van der Waals surface area contributed by atoms with Crippen molar-refractivity contribution in [3.63, 3.8) is 0 Å². The summed E-state index contributed by atoms with van der Waals surface area (Å²) in [5, 5.41) is 8.70. The van der Waals surface area contributed by atoms with E-state index in [-0.39, 0.29) is 16.9 Å². The Balaban J connectivity index is 1.92. The molecule has 148 valence electrons. The molecule has 5 nitrogen and oxygen atoms in total. The van der Waals surface area contributed by atoms with Crippen LogP contribution in [0.2, 0.25) is 0 Å². The Hall–Kier alpha value is -2.25. The number of hydrogen-bond acceptors (Lipinski definition) is 3. The molecule has 0 unspecified atom stereocenters. The van der Waals surface area contributed by atoms with Crippen LogP contribution in [0.25, 0.3) is 0 Å². The number of hydrogen-bond donors (Lipinski definition) is 3. The summed E-state index contributed by atoms with van der Waals surface area (Å²) in [6.45, 7) is 4.06. The molecule has 3 N–H and O–H groups in total. The fourth-order valence-corrected chi connectivity index (χ4v) is 3.09. The number of rotatable bonds is 7. The Morgan fingerprint density at radius 2 is 1.75 bits per heavy atom. The predicted octanol–water partition coefficient (Wildman–Crippen LogP) is 5.40. The SMILES string of the molecule is CCCCCC(=O)Nc1cccc(NC(=S)NC(=O)c2ccc(C)c(Br)c2)c1. The highest BCUT2D eigenvalue weighted by Gasteiger charge is 2.10. The van der Waals surface area contributed by atoms with Gasteiger partial charge in [-0.05, 0) is 61.5 Å². The summed E-state index contributed by atoms with van der Waals surface area (Å²) in [5.74, 6) is -0.301. The number of unbranched alkanes of at least 4 members (excludes halogenated alkanes) is 2. The van der Waals surface area contributed by atoms with Crippen molar-refractivity contribution in [3.05, 3.63) is 58.1 Å². The summed E-state index contributed by atoms with van der Waals surface area (Å²) in [6.07, 6.45) is 3.51. The molecule has 0 heterocycles. The maximum Gasteiger partial charge on any atom is 0.257 e. The van der Waals surface area contributed by atoms with E-state index in [0.717, 1.165) is 29.3 Å². The first-order chi connectivity index (χ1) is 13.4. The fraction of sp³-hybridized carbons (Fsp3) is 0.286. The number of aryl methyl sites for hydroxylation is 1. The Kier molecular flexibility index (Phi) is 8.60. The summed E-state index contributed by atoms with van der Waals surface area (Å²) in [7, 11) is 0. The molecule has 0 saturated heterocycles. The lowest BCUT2D eigenvalue weighted by Crippen LogP contribution is -2.34. The van der Waals surface area contributed by atoms with Gasteiger partial charge in [0.15, 0.2) is 5.11 Å². The molecule has 0 aliphatic heterocycles. The van der Waals surface area contributed by atoms with Crippen molar-refractivity contribution < 1.29 is 9.59 Å². The zero-order valence-electron chi connectivity index (χ0n) is 16.0. The number of carbonyl (C=O) groups is 2. The van der Waals surface area contributed by atoms with E-state index < -0.39 is 0 Å². The molecule has 0 aliphatic carbocycles. The van der Waals surface area contributed by atoms with E-state index in [1.807, 2.05) is 31.2 Å². The molecular weight excluding hydrogens is 438 g/mol. The largest absolute Gasteiger partial charge is 0.332 e. The molecule has 0 spiro atoms. The van der Waals surface area contributed by atoms with Gasteiger partial charge in [-0.3, -0.25) is 14.9 Å². The van der Waals surface area contributed by atoms with Gasteiger partial charge in [0.25, 0.3) is 5.91 Å². The topological polar surface area (TPSA) is 70.2 Å². The van der Waals surface area contributed by atoms with Crippen molar-refractivity contribution in [2.75, 3.05) is 10.6 Å². The normalized spacial score (nSPS) is 10.2. The van der Waals surface area contributed by atoms with Crippen LogP contribution >= 0.6 is 28.1 Å². The molecule has 28 heavy (non-hydrogen) atoms. The Labute approximate surface area is 179 Å². The highest BCUT2D eigenvalue weighted by Crippen LogP contribution is 2.18. The van der Waals surface area contributed by atoms with Crippen LogP contribution in [-0.4, -0.2) is 16.9 Å². The second-order valence-electron chi connectivity index (χ2n) is 6.46. The Bertz CT molecular complexity index is 870. The number of nitrogens with one attached hydrogen (secondary N) is 3. The number of carbonyl (C=O) groups excluding carboxylic acids is 2. The van der Waals surface area contributed by atoms with Gasteiger partial charge in [-0.1, -0.05) is 47.8 Å². The lowest BCUT2D eigenvalue weighted by Gasteiger charge is -2.12. The van der Waals surface area contributed by atoms with Crippen LogP contribution in [0.1, 0.15) is 48.5 Å². The molecule has 2 amide bonds. The van der Waals surface area contributed by atoms with Gasteiger partial charge in [0.05, 0.1) is 0 Å². The zero-order chi connectivity index (χ0) is 20.5. The van der Waals surface area contributed by atoms with Gasteiger partial charge in [-0.15, -0.1) is 0 Å². The van der Waals surface area contributed by atoms with Crippen LogP contribution in [0.4, 0.5) is 11.4 Å². The molecule has 0 atom stereocenters. The molecule has 7 heteroatoms. The van der Waals surface area contributed by atoms with Crippen LogP contribution in [0.5, 0.6) is 0 Å². The summed E-state index contributed by atoms with van der Waals surface area (Å²) < 4.78 is 0.862. The first-order valence-corrected chi connectivity index (χ1v) is 10.4. The van der Waals surface area contributed by atoms with Gasteiger partial charge in [-0.25, -0.2) is 0 Å². The predicted molar refractivity (Wildman–Crippen MR) is 122 cm³/mol. The van der Waals surface area contributed by atoms with E-state index in [0.29, 0.717) is 23.4 Å². The first-order valence-electron chi connectivity index (χ1n) is 9.17. The zero-order valence-corrected chi connectivity index (χ0v) is 18.4. The highest BCUT2D eigenvalue weighted by atomic mass is 79.9. The van der Waals surface area contributed by atoms with Crippen molar-refractivity contribution in [2.24, 2.45) is 0 Å². The van der Waals surface area contributed by atoms with Gasteiger partial charge in [-0.2, -0.15) is 0 Å². The second kappa shape index (κ2) is 10.9. The van der Waals surface area contributed by atoms with Gasteiger partial charge >= 0.3 is 0 Å². The minimum atomic E-state index is -0.293. The van der Waals surface area contributed by atoms with Crippen molar-refractivity contribution >= 4 is 56.4 Å². The van der Waals surface area contributed by atoms with Crippen molar-refractivity contribution in [1.82, 2.24) is 5.32 Å². The van der Waals surface area contributed by atoms with Crippen molar-refractivity contribution in [1.29, 1.82) is 0 Å². The summed E-state index contributed by atoms with van der Waals surface area (Å²) in [4.78, 5) is 24.3. The standard InChI is InChI=1S/C21H24BrN3O2S/c1-3-4-5-9-19(26)23-16-7-6-8-17(13-16)24-21(28)25-20(27)15-11-10-14(2)18(22)12-15/h6-8,10-13H,3-5,9H2,1-2H3,(H,23,26)(H2,24,25,27,28). The average Bonchev–Trinajstić information content (AvgIpc) is 2.64. The maximum absolute atomic E-state index is 12.3. The Morgan fingerprint density at radius 3 is 2.43 bits per heavy atom. The number of halogens is 1. The van der Waals surface area contributed by atoms with E-state index >= 15 is 0 Å². The molecule has 2 rings (SSSR count). The quantitative estimate of drug-likeness (QED) is 0.381. The molecular formula is C21H24BrN3O2S. The number of anilines is 2. The van der Waals surface area contributed by atoms with Crippen molar-refractivity contribution in [2.45, 2.75) is 39.5 Å². The van der Waals surface area contributed by atoms with E-state index in [4.69, 9.17) is 12.2 Å². The van der Waals surface area contributed by atoms with E-state index in [1.54, 1.807) is 18.2 Å². The average molecular weight is 462 g/mol. The minimum absolute atomic E-state index is 0.00794. The number of thiocarbonyl (C=S) groups is 1. The van der Waals surface area contributed by atoms with Gasteiger partial charge in [0, 0.05) is 27.8 Å². The van der Waals surface area contributed by atoms with Crippen molar-refractivity contribution in [3.8, 4) is 0 Å². The molecule has 0 bridgehead atoms. The third-order valence-corrected chi connectivity index (χ3v) is 5.13. The summed E-state index contributed by atoms with van der Waals surface area (Å²) in [6, 6.07) is 12.6. The molecule has 2 aromatic carbocycles. The maximum atomic E-state index is 12.3.